The molecule has 0 saturated carbocycles. The van der Waals surface area contributed by atoms with Gasteiger partial charge in [0, 0.05) is 18.8 Å². The third-order valence-corrected chi connectivity index (χ3v) is 3.09. The standard InChI is InChI=1S/C14H20ClNO4/c1-19-12-6-5-10(8-13(12)20-2)11(17)9-16-14(18)4-3-7-15/h5-6,8,11,17H,3-4,7,9H2,1-2H3,(H,16,18). The van der Waals surface area contributed by atoms with Gasteiger partial charge in [0.2, 0.25) is 5.91 Å². The molecule has 2 N–H and O–H groups in total. The second-order valence-corrected chi connectivity index (χ2v) is 4.60. The predicted octanol–water partition coefficient (Wildman–Crippen LogP) is 1.87. The summed E-state index contributed by atoms with van der Waals surface area (Å²) in [5.74, 6) is 1.46. The van der Waals surface area contributed by atoms with E-state index in [0.29, 0.717) is 35.8 Å². The van der Waals surface area contributed by atoms with E-state index in [4.69, 9.17) is 21.1 Å². The lowest BCUT2D eigenvalue weighted by molar-refractivity contribution is -0.121. The van der Waals surface area contributed by atoms with Crippen LogP contribution in [0.2, 0.25) is 0 Å². The molecule has 0 bridgehead atoms. The molecule has 0 fully saturated rings. The first-order valence-electron chi connectivity index (χ1n) is 6.35. The molecular weight excluding hydrogens is 282 g/mol. The zero-order chi connectivity index (χ0) is 15.0. The van der Waals surface area contributed by atoms with E-state index in [0.717, 1.165) is 0 Å². The fraction of sp³-hybridized carbons (Fsp3) is 0.500. The van der Waals surface area contributed by atoms with Crippen molar-refractivity contribution in [1.82, 2.24) is 5.32 Å². The maximum absolute atomic E-state index is 11.4. The molecule has 0 aliphatic rings. The molecule has 0 saturated heterocycles. The van der Waals surface area contributed by atoms with E-state index < -0.39 is 6.10 Å². The highest BCUT2D eigenvalue weighted by atomic mass is 35.5. The highest BCUT2D eigenvalue weighted by molar-refractivity contribution is 6.17. The van der Waals surface area contributed by atoms with Crippen molar-refractivity contribution in [3.63, 3.8) is 0 Å². The van der Waals surface area contributed by atoms with Crippen LogP contribution in [0.5, 0.6) is 11.5 Å². The second-order valence-electron chi connectivity index (χ2n) is 4.23. The molecule has 0 aliphatic carbocycles. The number of rotatable bonds is 8. The average Bonchev–Trinajstić information content (AvgIpc) is 2.49. The average molecular weight is 302 g/mol. The lowest BCUT2D eigenvalue weighted by Gasteiger charge is -2.15. The van der Waals surface area contributed by atoms with Gasteiger partial charge in [-0.15, -0.1) is 11.6 Å². The predicted molar refractivity (Wildman–Crippen MR) is 77.5 cm³/mol. The molecule has 1 rings (SSSR count). The number of methoxy groups -OCH3 is 2. The minimum atomic E-state index is -0.797. The van der Waals surface area contributed by atoms with Crippen LogP contribution in [0.1, 0.15) is 24.5 Å². The monoisotopic (exact) mass is 301 g/mol. The summed E-state index contributed by atoms with van der Waals surface area (Å²) in [5.41, 5.74) is 0.653. The summed E-state index contributed by atoms with van der Waals surface area (Å²) in [6.07, 6.45) is 0.192. The van der Waals surface area contributed by atoms with Crippen LogP contribution in [0.25, 0.3) is 0 Å². The van der Waals surface area contributed by atoms with Crippen molar-refractivity contribution in [3.8, 4) is 11.5 Å². The van der Waals surface area contributed by atoms with Crippen LogP contribution in [0.15, 0.2) is 18.2 Å². The van der Waals surface area contributed by atoms with Crippen LogP contribution >= 0.6 is 11.6 Å². The van der Waals surface area contributed by atoms with Crippen LogP contribution < -0.4 is 14.8 Å². The quantitative estimate of drug-likeness (QED) is 0.719. The van der Waals surface area contributed by atoms with Gasteiger partial charge in [0.15, 0.2) is 11.5 Å². The van der Waals surface area contributed by atoms with E-state index in [1.807, 2.05) is 0 Å². The number of carbonyl (C=O) groups excluding carboxylic acids is 1. The number of carbonyl (C=O) groups is 1. The minimum Gasteiger partial charge on any atom is -0.493 e. The molecule has 6 heteroatoms. The molecule has 1 aromatic rings. The molecule has 0 heterocycles. The van der Waals surface area contributed by atoms with Crippen LogP contribution in [-0.2, 0) is 4.79 Å². The minimum absolute atomic E-state index is 0.120. The Morgan fingerprint density at radius 1 is 1.35 bits per heavy atom. The van der Waals surface area contributed by atoms with Gasteiger partial charge in [0.05, 0.1) is 20.3 Å². The zero-order valence-corrected chi connectivity index (χ0v) is 12.4. The molecule has 1 amide bonds. The van der Waals surface area contributed by atoms with E-state index in [-0.39, 0.29) is 12.5 Å². The van der Waals surface area contributed by atoms with E-state index in [1.54, 1.807) is 25.3 Å². The normalized spacial score (nSPS) is 11.8. The molecule has 1 aromatic carbocycles. The summed E-state index contributed by atoms with van der Waals surface area (Å²) in [6, 6.07) is 5.14. The Hall–Kier alpha value is -1.46. The van der Waals surface area contributed by atoms with Gasteiger partial charge in [-0.3, -0.25) is 4.79 Å². The Labute approximate surface area is 123 Å². The number of benzene rings is 1. The van der Waals surface area contributed by atoms with E-state index in [2.05, 4.69) is 5.32 Å². The zero-order valence-electron chi connectivity index (χ0n) is 11.7. The Kier molecular flexibility index (Phi) is 7.18. The number of nitrogens with one attached hydrogen (secondary N) is 1. The third kappa shape index (κ3) is 4.90. The number of hydrogen-bond acceptors (Lipinski definition) is 4. The summed E-state index contributed by atoms with van der Waals surface area (Å²) >= 11 is 5.51. The first-order valence-corrected chi connectivity index (χ1v) is 6.88. The summed E-state index contributed by atoms with van der Waals surface area (Å²) < 4.78 is 10.3. The van der Waals surface area contributed by atoms with Crippen LogP contribution in [0, 0.1) is 0 Å². The van der Waals surface area contributed by atoms with Gasteiger partial charge in [-0.25, -0.2) is 0 Å². The van der Waals surface area contributed by atoms with E-state index in [9.17, 15) is 9.90 Å². The molecule has 5 nitrogen and oxygen atoms in total. The lowest BCUT2D eigenvalue weighted by Crippen LogP contribution is -2.28. The largest absolute Gasteiger partial charge is 0.493 e. The second kappa shape index (κ2) is 8.66. The van der Waals surface area contributed by atoms with Gasteiger partial charge in [0.1, 0.15) is 0 Å². The van der Waals surface area contributed by atoms with Crippen LogP contribution in [0.3, 0.4) is 0 Å². The Morgan fingerprint density at radius 3 is 2.65 bits per heavy atom. The first kappa shape index (κ1) is 16.6. The maximum Gasteiger partial charge on any atom is 0.220 e. The molecule has 20 heavy (non-hydrogen) atoms. The number of amides is 1. The number of aliphatic hydroxyl groups is 1. The highest BCUT2D eigenvalue weighted by Crippen LogP contribution is 2.29. The van der Waals surface area contributed by atoms with Crippen molar-refractivity contribution >= 4 is 17.5 Å². The van der Waals surface area contributed by atoms with Crippen LogP contribution in [0.4, 0.5) is 0 Å². The summed E-state index contributed by atoms with van der Waals surface area (Å²) in [7, 11) is 3.08. The van der Waals surface area contributed by atoms with Crippen molar-refractivity contribution in [1.29, 1.82) is 0 Å². The molecule has 0 spiro atoms. The fourth-order valence-electron chi connectivity index (χ4n) is 1.70. The molecule has 0 aromatic heterocycles. The first-order chi connectivity index (χ1) is 9.62. The Bertz CT molecular complexity index is 439. The van der Waals surface area contributed by atoms with Gasteiger partial charge in [0.25, 0.3) is 0 Å². The van der Waals surface area contributed by atoms with E-state index >= 15 is 0 Å². The molecule has 0 aliphatic heterocycles. The topological polar surface area (TPSA) is 67.8 Å². The van der Waals surface area contributed by atoms with Crippen molar-refractivity contribution in [2.24, 2.45) is 0 Å². The Morgan fingerprint density at radius 2 is 2.05 bits per heavy atom. The number of halogens is 1. The molecule has 1 atom stereocenters. The van der Waals surface area contributed by atoms with Gasteiger partial charge in [-0.1, -0.05) is 6.07 Å². The van der Waals surface area contributed by atoms with Crippen LogP contribution in [-0.4, -0.2) is 37.7 Å². The SMILES string of the molecule is COc1ccc(C(O)CNC(=O)CCCCl)cc1OC. The van der Waals surface area contributed by atoms with Crippen molar-refractivity contribution in [3.05, 3.63) is 23.8 Å². The Balaban J connectivity index is 2.59. The number of ether oxygens (including phenoxy) is 2. The number of alkyl halides is 1. The maximum atomic E-state index is 11.4. The fourth-order valence-corrected chi connectivity index (χ4v) is 1.84. The van der Waals surface area contributed by atoms with Crippen molar-refractivity contribution < 1.29 is 19.4 Å². The summed E-state index contributed by atoms with van der Waals surface area (Å²) in [4.78, 5) is 11.4. The van der Waals surface area contributed by atoms with E-state index in [1.165, 1.54) is 7.11 Å². The molecule has 0 radical (unpaired) electrons. The van der Waals surface area contributed by atoms with Gasteiger partial charge < -0.3 is 19.9 Å². The van der Waals surface area contributed by atoms with Gasteiger partial charge >= 0.3 is 0 Å². The number of hydrogen-bond donors (Lipinski definition) is 2. The molecule has 112 valence electrons. The highest BCUT2D eigenvalue weighted by Gasteiger charge is 2.12. The summed E-state index contributed by atoms with van der Waals surface area (Å²) in [6.45, 7) is 0.149. The molecule has 1 unspecified atom stereocenters. The lowest BCUT2D eigenvalue weighted by atomic mass is 10.1. The van der Waals surface area contributed by atoms with Crippen molar-refractivity contribution in [2.75, 3.05) is 26.6 Å². The van der Waals surface area contributed by atoms with Gasteiger partial charge in [-0.05, 0) is 24.1 Å². The van der Waals surface area contributed by atoms with Gasteiger partial charge in [-0.2, -0.15) is 0 Å². The smallest absolute Gasteiger partial charge is 0.220 e. The molecular formula is C14H20ClNO4. The summed E-state index contributed by atoms with van der Waals surface area (Å²) in [5, 5.41) is 12.7. The third-order valence-electron chi connectivity index (χ3n) is 2.82. The van der Waals surface area contributed by atoms with Crippen molar-refractivity contribution in [2.45, 2.75) is 18.9 Å². The number of aliphatic hydroxyl groups excluding tert-OH is 1.